The van der Waals surface area contributed by atoms with E-state index in [2.05, 4.69) is 11.1 Å². The highest BCUT2D eigenvalue weighted by atomic mass is 32.1. The molecule has 1 aliphatic heterocycles. The van der Waals surface area contributed by atoms with Gasteiger partial charge in [-0.15, -0.1) is 11.3 Å². The molecule has 0 amide bonds. The lowest BCUT2D eigenvalue weighted by atomic mass is 10.1. The summed E-state index contributed by atoms with van der Waals surface area (Å²) in [4.78, 5) is 16.4. The van der Waals surface area contributed by atoms with Gasteiger partial charge < -0.3 is 9.47 Å². The maximum atomic E-state index is 11.6. The zero-order valence-corrected chi connectivity index (χ0v) is 12.3. The molecule has 0 saturated heterocycles. The molecule has 0 radical (unpaired) electrons. The van der Waals surface area contributed by atoms with Crippen LogP contribution in [0.15, 0.2) is 36.0 Å². The third-order valence-electron chi connectivity index (χ3n) is 3.22. The Morgan fingerprint density at radius 2 is 2.43 bits per heavy atom. The van der Waals surface area contributed by atoms with E-state index in [0.717, 1.165) is 23.7 Å². The Morgan fingerprint density at radius 3 is 3.29 bits per heavy atom. The zero-order chi connectivity index (χ0) is 14.5. The third-order valence-corrected chi connectivity index (χ3v) is 3.96. The predicted molar refractivity (Wildman–Crippen MR) is 81.5 cm³/mol. The summed E-state index contributed by atoms with van der Waals surface area (Å²) in [5.74, 6) is 0.649. The summed E-state index contributed by atoms with van der Waals surface area (Å²) >= 11 is 1.48. The Labute approximate surface area is 127 Å². The summed E-state index contributed by atoms with van der Waals surface area (Å²) < 4.78 is 10.7. The average Bonchev–Trinajstić information content (AvgIpc) is 3.16. The van der Waals surface area contributed by atoms with Gasteiger partial charge in [0.05, 0.1) is 18.7 Å². The molecule has 0 saturated carbocycles. The lowest BCUT2D eigenvalue weighted by Crippen LogP contribution is -2.04. The molecule has 0 bridgehead atoms. The van der Waals surface area contributed by atoms with Crippen LogP contribution in [-0.2, 0) is 22.4 Å². The van der Waals surface area contributed by atoms with Crippen molar-refractivity contribution in [3.8, 4) is 5.75 Å². The summed E-state index contributed by atoms with van der Waals surface area (Å²) in [6, 6.07) is 6.14. The summed E-state index contributed by atoms with van der Waals surface area (Å²) in [5, 5.41) is 0. The molecule has 0 N–H and O–H groups in total. The van der Waals surface area contributed by atoms with E-state index >= 15 is 0 Å². The highest BCUT2D eigenvalue weighted by Gasteiger charge is 2.11. The number of esters is 1. The molecule has 108 valence electrons. The van der Waals surface area contributed by atoms with E-state index in [0.29, 0.717) is 13.0 Å². The lowest BCUT2D eigenvalue weighted by molar-refractivity contribution is -0.137. The van der Waals surface area contributed by atoms with Gasteiger partial charge in [-0.05, 0) is 23.3 Å². The van der Waals surface area contributed by atoms with Gasteiger partial charge in [-0.2, -0.15) is 0 Å². The molecular formula is C16H15NO3S. The molecule has 1 aromatic heterocycles. The number of thiazole rings is 1. The van der Waals surface area contributed by atoms with Crippen LogP contribution in [0.2, 0.25) is 0 Å². The second-order valence-corrected chi connectivity index (χ2v) is 5.61. The molecule has 0 atom stereocenters. The van der Waals surface area contributed by atoms with Crippen molar-refractivity contribution in [2.45, 2.75) is 12.8 Å². The van der Waals surface area contributed by atoms with E-state index in [-0.39, 0.29) is 5.97 Å². The Balaban J connectivity index is 1.46. The monoisotopic (exact) mass is 301 g/mol. The van der Waals surface area contributed by atoms with Crippen LogP contribution in [0.4, 0.5) is 0 Å². The maximum Gasteiger partial charge on any atom is 0.330 e. The SMILES string of the molecule is O=C(/C=C/c1cncs1)OCCc1ccc2c(c1)CCO2. The van der Waals surface area contributed by atoms with Crippen molar-refractivity contribution in [3.63, 3.8) is 0 Å². The van der Waals surface area contributed by atoms with Gasteiger partial charge in [0.2, 0.25) is 0 Å². The number of nitrogens with zero attached hydrogens (tertiary/aromatic N) is 1. The van der Waals surface area contributed by atoms with Crippen molar-refractivity contribution in [3.05, 3.63) is 52.0 Å². The van der Waals surface area contributed by atoms with Gasteiger partial charge in [-0.3, -0.25) is 4.98 Å². The zero-order valence-electron chi connectivity index (χ0n) is 11.5. The number of ether oxygens (including phenoxy) is 2. The third kappa shape index (κ3) is 3.70. The number of fused-ring (bicyclic) bond motifs is 1. The fourth-order valence-corrected chi connectivity index (χ4v) is 2.68. The van der Waals surface area contributed by atoms with E-state index in [1.807, 2.05) is 12.1 Å². The van der Waals surface area contributed by atoms with Crippen LogP contribution < -0.4 is 4.74 Å². The summed E-state index contributed by atoms with van der Waals surface area (Å²) in [5.41, 5.74) is 4.13. The first-order valence-electron chi connectivity index (χ1n) is 6.79. The number of aromatic nitrogens is 1. The second-order valence-electron chi connectivity index (χ2n) is 4.70. The van der Waals surface area contributed by atoms with Gasteiger partial charge >= 0.3 is 5.97 Å². The largest absolute Gasteiger partial charge is 0.493 e. The van der Waals surface area contributed by atoms with Gasteiger partial charge in [-0.1, -0.05) is 12.1 Å². The molecular weight excluding hydrogens is 286 g/mol. The Morgan fingerprint density at radius 1 is 1.48 bits per heavy atom. The van der Waals surface area contributed by atoms with E-state index < -0.39 is 0 Å². The molecule has 1 aliphatic rings. The fraction of sp³-hybridized carbons (Fsp3) is 0.250. The Hall–Kier alpha value is -2.14. The van der Waals surface area contributed by atoms with Gasteiger partial charge in [0.25, 0.3) is 0 Å². The normalized spacial score (nSPS) is 13.1. The van der Waals surface area contributed by atoms with Crippen LogP contribution in [0.1, 0.15) is 16.0 Å². The maximum absolute atomic E-state index is 11.6. The van der Waals surface area contributed by atoms with Crippen molar-refractivity contribution < 1.29 is 14.3 Å². The second kappa shape index (κ2) is 6.54. The highest BCUT2D eigenvalue weighted by molar-refractivity contribution is 7.10. The first-order valence-corrected chi connectivity index (χ1v) is 7.67. The highest BCUT2D eigenvalue weighted by Crippen LogP contribution is 2.25. The van der Waals surface area contributed by atoms with Gasteiger partial charge in [0.15, 0.2) is 0 Å². The molecule has 0 unspecified atom stereocenters. The van der Waals surface area contributed by atoms with Crippen molar-refractivity contribution in [2.75, 3.05) is 13.2 Å². The molecule has 2 aromatic rings. The molecule has 0 aliphatic carbocycles. The number of hydrogen-bond donors (Lipinski definition) is 0. The topological polar surface area (TPSA) is 48.4 Å². The Bertz CT molecular complexity index is 650. The number of carbonyl (C=O) groups excluding carboxylic acids is 1. The van der Waals surface area contributed by atoms with Crippen LogP contribution >= 0.6 is 11.3 Å². The molecule has 0 fully saturated rings. The van der Waals surface area contributed by atoms with E-state index in [4.69, 9.17) is 9.47 Å². The first kappa shape index (κ1) is 13.8. The summed E-state index contributed by atoms with van der Waals surface area (Å²) in [6.07, 6.45) is 6.53. The van der Waals surface area contributed by atoms with Crippen LogP contribution in [0, 0.1) is 0 Å². The molecule has 21 heavy (non-hydrogen) atoms. The van der Waals surface area contributed by atoms with Gasteiger partial charge in [0, 0.05) is 30.0 Å². The average molecular weight is 301 g/mol. The quantitative estimate of drug-likeness (QED) is 0.629. The van der Waals surface area contributed by atoms with Gasteiger partial charge in [-0.25, -0.2) is 4.79 Å². The van der Waals surface area contributed by atoms with Crippen molar-refractivity contribution in [2.24, 2.45) is 0 Å². The molecule has 3 rings (SSSR count). The van der Waals surface area contributed by atoms with Crippen LogP contribution in [-0.4, -0.2) is 24.2 Å². The van der Waals surface area contributed by atoms with Crippen LogP contribution in [0.5, 0.6) is 5.75 Å². The van der Waals surface area contributed by atoms with Gasteiger partial charge in [0.1, 0.15) is 5.75 Å². The smallest absolute Gasteiger partial charge is 0.330 e. The molecule has 4 nitrogen and oxygen atoms in total. The summed E-state index contributed by atoms with van der Waals surface area (Å²) in [7, 11) is 0. The van der Waals surface area contributed by atoms with E-state index in [9.17, 15) is 4.79 Å². The van der Waals surface area contributed by atoms with Crippen molar-refractivity contribution in [1.82, 2.24) is 4.98 Å². The number of rotatable bonds is 5. The minimum Gasteiger partial charge on any atom is -0.493 e. The fourth-order valence-electron chi connectivity index (χ4n) is 2.17. The lowest BCUT2D eigenvalue weighted by Gasteiger charge is -2.04. The summed E-state index contributed by atoms with van der Waals surface area (Å²) in [6.45, 7) is 1.14. The van der Waals surface area contributed by atoms with Crippen molar-refractivity contribution >= 4 is 23.4 Å². The minimum absolute atomic E-state index is 0.326. The number of carbonyl (C=O) groups is 1. The number of hydrogen-bond acceptors (Lipinski definition) is 5. The minimum atomic E-state index is -0.326. The Kier molecular flexibility index (Phi) is 4.31. The first-order chi connectivity index (χ1) is 10.3. The predicted octanol–water partition coefficient (Wildman–Crippen LogP) is 2.88. The number of benzene rings is 1. The standard InChI is InChI=1S/C16H15NO3S/c18-16(4-2-14-10-17-11-21-14)20-7-5-12-1-3-15-13(9-12)6-8-19-15/h1-4,9-11H,5-8H2/b4-2+. The van der Waals surface area contributed by atoms with Crippen molar-refractivity contribution in [1.29, 1.82) is 0 Å². The van der Waals surface area contributed by atoms with E-state index in [1.165, 1.54) is 28.5 Å². The van der Waals surface area contributed by atoms with E-state index in [1.54, 1.807) is 17.8 Å². The molecule has 2 heterocycles. The molecule has 1 aromatic carbocycles. The van der Waals surface area contributed by atoms with Crippen LogP contribution in [0.3, 0.4) is 0 Å². The van der Waals surface area contributed by atoms with Crippen LogP contribution in [0.25, 0.3) is 6.08 Å². The molecule has 5 heteroatoms. The molecule has 0 spiro atoms.